The largest absolute Gasteiger partial charge is 0.504 e. The highest BCUT2D eigenvalue weighted by molar-refractivity contribution is 6.08. The van der Waals surface area contributed by atoms with Crippen LogP contribution in [-0.2, 0) is 18.9 Å². The summed E-state index contributed by atoms with van der Waals surface area (Å²) in [5.74, 6) is -19.4. The second-order valence-corrected chi connectivity index (χ2v) is 12.0. The van der Waals surface area contributed by atoms with Crippen LogP contribution in [0.3, 0.4) is 0 Å². The van der Waals surface area contributed by atoms with E-state index in [1.54, 1.807) is 0 Å². The SMILES string of the molecule is O=C(Oc1c(O)cc(C(=O)OC2OC3COC(=O)c4cc(O)c(O)c(O)c4-c4c(cc(O)c(O)c4O)C(=O)OC(C3O)C2O)cc1O)c1cc(O)c(O)c(O)c1. The van der Waals surface area contributed by atoms with Crippen molar-refractivity contribution in [1.82, 2.24) is 0 Å². The number of aliphatic hydroxyl groups is 2. The Morgan fingerprint density at radius 2 is 1.04 bits per heavy atom. The fourth-order valence-corrected chi connectivity index (χ4v) is 5.68. The number of carbonyl (C=O) groups excluding carboxylic acids is 4. The van der Waals surface area contributed by atoms with Crippen molar-refractivity contribution in [3.05, 3.63) is 58.7 Å². The summed E-state index contributed by atoms with van der Waals surface area (Å²) in [6, 6.07) is 3.59. The van der Waals surface area contributed by atoms with Gasteiger partial charge in [-0.3, -0.25) is 0 Å². The lowest BCUT2D eigenvalue weighted by molar-refractivity contribution is -0.284. The maximum atomic E-state index is 13.6. The van der Waals surface area contributed by atoms with Crippen LogP contribution in [0.4, 0.5) is 0 Å². The summed E-state index contributed by atoms with van der Waals surface area (Å²) in [5.41, 5.74) is -5.00. The first-order valence-electron chi connectivity index (χ1n) is 15.5. The molecule has 0 aliphatic carbocycles. The molecule has 0 amide bonds. The van der Waals surface area contributed by atoms with Crippen molar-refractivity contribution in [2.24, 2.45) is 0 Å². The summed E-state index contributed by atoms with van der Waals surface area (Å²) < 4.78 is 25.9. The summed E-state index contributed by atoms with van der Waals surface area (Å²) in [7, 11) is 0. The minimum atomic E-state index is -2.32. The fraction of sp³-hybridized carbons (Fsp3) is 0.176. The Kier molecular flexibility index (Phi) is 9.55. The number of ether oxygens (including phenoxy) is 5. The van der Waals surface area contributed by atoms with E-state index in [-0.39, 0.29) is 0 Å². The van der Waals surface area contributed by atoms with E-state index in [9.17, 15) is 85.6 Å². The molecule has 22 nitrogen and oxygen atoms in total. The molecule has 4 aromatic rings. The van der Waals surface area contributed by atoms with E-state index in [0.29, 0.717) is 36.4 Å². The highest BCUT2D eigenvalue weighted by atomic mass is 16.7. The predicted octanol–water partition coefficient (Wildman–Crippen LogP) is 0.334. The van der Waals surface area contributed by atoms with Crippen LogP contribution in [0, 0.1) is 0 Å². The summed E-state index contributed by atoms with van der Waals surface area (Å²) >= 11 is 0. The normalized spacial score (nSPS) is 20.6. The topological polar surface area (TPSA) is 377 Å². The third kappa shape index (κ3) is 6.50. The molecule has 13 N–H and O–H groups in total. The van der Waals surface area contributed by atoms with Crippen LogP contribution in [0.25, 0.3) is 11.1 Å². The van der Waals surface area contributed by atoms with Gasteiger partial charge in [0.15, 0.2) is 64.0 Å². The van der Waals surface area contributed by atoms with Gasteiger partial charge >= 0.3 is 23.9 Å². The lowest BCUT2D eigenvalue weighted by Gasteiger charge is -2.41. The maximum Gasteiger partial charge on any atom is 0.344 e. The van der Waals surface area contributed by atoms with Crippen molar-refractivity contribution in [3.8, 4) is 80.1 Å². The highest BCUT2D eigenvalue weighted by Crippen LogP contribution is 2.53. The second-order valence-electron chi connectivity index (χ2n) is 12.0. The van der Waals surface area contributed by atoms with Crippen molar-refractivity contribution in [1.29, 1.82) is 0 Å². The Morgan fingerprint density at radius 1 is 0.571 bits per heavy atom. The quantitative estimate of drug-likeness (QED) is 0.0573. The summed E-state index contributed by atoms with van der Waals surface area (Å²) in [5, 5.41) is 134. The summed E-state index contributed by atoms with van der Waals surface area (Å²) in [6.07, 6.45) is -10.7. The summed E-state index contributed by atoms with van der Waals surface area (Å²) in [4.78, 5) is 52.7. The van der Waals surface area contributed by atoms with E-state index in [1.165, 1.54) is 0 Å². The van der Waals surface area contributed by atoms with Crippen molar-refractivity contribution >= 4 is 23.9 Å². The predicted molar refractivity (Wildman–Crippen MR) is 174 cm³/mol. The number of aromatic hydroxyl groups is 11. The minimum absolute atomic E-state index is 0.475. The number of benzene rings is 4. The molecule has 1 saturated heterocycles. The van der Waals surface area contributed by atoms with E-state index in [0.717, 1.165) is 0 Å². The zero-order valence-corrected chi connectivity index (χ0v) is 27.5. The fourth-order valence-electron chi connectivity index (χ4n) is 5.68. The number of aliphatic hydroxyl groups excluding tert-OH is 2. The third-order valence-corrected chi connectivity index (χ3v) is 8.47. The average Bonchev–Trinajstić information content (AvgIpc) is 3.14. The number of hydrogen-bond acceptors (Lipinski definition) is 22. The van der Waals surface area contributed by atoms with Gasteiger partial charge in [0, 0.05) is 11.1 Å². The van der Waals surface area contributed by atoms with Crippen molar-refractivity contribution in [2.45, 2.75) is 30.7 Å². The van der Waals surface area contributed by atoms with Gasteiger partial charge in [-0.25, -0.2) is 19.2 Å². The smallest absolute Gasteiger partial charge is 0.344 e. The van der Waals surface area contributed by atoms with Crippen molar-refractivity contribution < 1.29 is 109 Å². The zero-order valence-electron chi connectivity index (χ0n) is 27.5. The molecule has 0 spiro atoms. The van der Waals surface area contributed by atoms with Crippen LogP contribution in [0.2, 0.25) is 0 Å². The number of rotatable bonds is 4. The molecule has 2 aliphatic heterocycles. The van der Waals surface area contributed by atoms with Crippen LogP contribution in [0.5, 0.6) is 69.0 Å². The minimum Gasteiger partial charge on any atom is -0.504 e. The number of carbonyl (C=O) groups is 4. The molecule has 294 valence electrons. The van der Waals surface area contributed by atoms with Gasteiger partial charge in [0.25, 0.3) is 0 Å². The van der Waals surface area contributed by atoms with Gasteiger partial charge in [0.2, 0.25) is 23.5 Å². The Labute approximate surface area is 309 Å². The van der Waals surface area contributed by atoms with Crippen molar-refractivity contribution in [3.63, 3.8) is 0 Å². The van der Waals surface area contributed by atoms with Crippen LogP contribution in [-0.4, -0.2) is 128 Å². The van der Waals surface area contributed by atoms with Gasteiger partial charge in [0.1, 0.15) is 18.8 Å². The van der Waals surface area contributed by atoms with E-state index in [4.69, 9.17) is 23.7 Å². The molecule has 0 saturated carbocycles. The van der Waals surface area contributed by atoms with E-state index in [1.807, 2.05) is 0 Å². The van der Waals surface area contributed by atoms with E-state index in [2.05, 4.69) is 0 Å². The number of phenolic OH excluding ortho intramolecular Hbond substituents is 11. The van der Waals surface area contributed by atoms with Gasteiger partial charge in [0.05, 0.1) is 22.3 Å². The molecule has 0 radical (unpaired) electrons. The molecule has 56 heavy (non-hydrogen) atoms. The lowest BCUT2D eigenvalue weighted by atomic mass is 9.91. The van der Waals surface area contributed by atoms with Gasteiger partial charge in [-0.05, 0) is 36.4 Å². The van der Waals surface area contributed by atoms with Gasteiger partial charge in [-0.1, -0.05) is 0 Å². The molecular formula is C34H26O22. The molecular weight excluding hydrogens is 760 g/mol. The molecule has 2 heterocycles. The highest BCUT2D eigenvalue weighted by Gasteiger charge is 2.50. The Morgan fingerprint density at radius 3 is 1.57 bits per heavy atom. The first kappa shape index (κ1) is 38.2. The third-order valence-electron chi connectivity index (χ3n) is 8.47. The number of cyclic esters (lactones) is 1. The van der Waals surface area contributed by atoms with Gasteiger partial charge in [-0.15, -0.1) is 0 Å². The van der Waals surface area contributed by atoms with Gasteiger partial charge in [-0.2, -0.15) is 0 Å². The molecule has 5 unspecified atom stereocenters. The molecule has 0 aromatic heterocycles. The standard InChI is InChI=1S/C34H26O22/c35-12-1-8(2-13(36)21(12)41)30(48)54-28-16(39)3-9(4-17(28)40)31(49)56-34-27(47)29-24(44)18(53-34)7-52-32(50)10-5-14(37)22(42)25(45)19(10)20-11(33(51)55-29)6-15(38)23(43)26(20)46/h1-6,18,24,27,29,34-47H,7H2. The lowest BCUT2D eigenvalue weighted by Crippen LogP contribution is -2.61. The number of phenols is 11. The van der Waals surface area contributed by atoms with Crippen LogP contribution in [0.15, 0.2) is 36.4 Å². The molecule has 5 atom stereocenters. The van der Waals surface area contributed by atoms with Crippen LogP contribution >= 0.6 is 0 Å². The van der Waals surface area contributed by atoms with E-state index >= 15 is 0 Å². The van der Waals surface area contributed by atoms with Crippen LogP contribution < -0.4 is 4.74 Å². The second kappa shape index (κ2) is 14.0. The molecule has 1 fully saturated rings. The molecule has 4 aromatic carbocycles. The zero-order chi connectivity index (χ0) is 41.1. The summed E-state index contributed by atoms with van der Waals surface area (Å²) in [6.45, 7) is -1.02. The Hall–Kier alpha value is -7.56. The van der Waals surface area contributed by atoms with Crippen LogP contribution in [0.1, 0.15) is 41.4 Å². The molecule has 22 heteroatoms. The average molecular weight is 787 g/mol. The number of esters is 4. The number of fused-ring (bicyclic) bond motifs is 5. The molecule has 6 rings (SSSR count). The first-order chi connectivity index (χ1) is 26.3. The Bertz CT molecular complexity index is 2290. The molecule has 2 bridgehead atoms. The Balaban J connectivity index is 1.31. The first-order valence-corrected chi connectivity index (χ1v) is 15.5. The maximum absolute atomic E-state index is 13.6. The van der Waals surface area contributed by atoms with Crippen molar-refractivity contribution in [2.75, 3.05) is 6.61 Å². The molecule has 2 aliphatic rings. The monoisotopic (exact) mass is 786 g/mol. The number of hydrogen-bond donors (Lipinski definition) is 13. The van der Waals surface area contributed by atoms with E-state index < -0.39 is 164 Å². The van der Waals surface area contributed by atoms with Gasteiger partial charge < -0.3 is 90.1 Å².